The van der Waals surface area contributed by atoms with Gasteiger partial charge in [0.05, 0.1) is 6.10 Å². The van der Waals surface area contributed by atoms with Crippen LogP contribution >= 0.6 is 0 Å². The molecule has 1 atom stereocenters. The van der Waals surface area contributed by atoms with Crippen molar-refractivity contribution in [2.75, 3.05) is 6.54 Å². The Morgan fingerprint density at radius 1 is 1.35 bits per heavy atom. The highest BCUT2D eigenvalue weighted by Gasteiger charge is 2.04. The Morgan fingerprint density at radius 2 is 2.18 bits per heavy atom. The van der Waals surface area contributed by atoms with Crippen molar-refractivity contribution >= 4 is 10.9 Å². The zero-order valence-corrected chi connectivity index (χ0v) is 10.5. The molecule has 3 heteroatoms. The van der Waals surface area contributed by atoms with E-state index in [-0.39, 0.29) is 6.10 Å². The molecule has 0 saturated heterocycles. The maximum absolute atomic E-state index is 9.42. The summed E-state index contributed by atoms with van der Waals surface area (Å²) in [6.07, 6.45) is 1.72. The molecule has 0 aliphatic heterocycles. The number of aliphatic hydroxyl groups excluding tert-OH is 1. The predicted octanol–water partition coefficient (Wildman–Crippen LogP) is 2.13. The minimum absolute atomic E-state index is 0.313. The molecule has 1 aromatic carbocycles. The van der Waals surface area contributed by atoms with E-state index in [4.69, 9.17) is 0 Å². The van der Waals surface area contributed by atoms with E-state index < -0.39 is 0 Å². The lowest BCUT2D eigenvalue weighted by Crippen LogP contribution is -2.12. The Morgan fingerprint density at radius 3 is 2.88 bits per heavy atom. The van der Waals surface area contributed by atoms with Crippen LogP contribution in [-0.4, -0.2) is 22.3 Å². The van der Waals surface area contributed by atoms with Crippen molar-refractivity contribution < 1.29 is 5.11 Å². The van der Waals surface area contributed by atoms with Crippen molar-refractivity contribution in [1.82, 2.24) is 9.88 Å². The molecular weight excluding hydrogens is 212 g/mol. The fourth-order valence-electron chi connectivity index (χ4n) is 2.07. The summed E-state index contributed by atoms with van der Waals surface area (Å²) in [5.74, 6) is 0. The maximum Gasteiger partial charge on any atom is 0.0691 e. The number of aromatic nitrogens is 1. The number of hydrogen-bond donors (Lipinski definition) is 2. The Kier molecular flexibility index (Phi) is 3.82. The van der Waals surface area contributed by atoms with Crippen LogP contribution in [0.25, 0.3) is 10.9 Å². The van der Waals surface area contributed by atoms with Gasteiger partial charge in [-0.15, -0.1) is 0 Å². The van der Waals surface area contributed by atoms with Crippen molar-refractivity contribution in [2.24, 2.45) is 0 Å². The Labute approximate surface area is 102 Å². The van der Waals surface area contributed by atoms with Gasteiger partial charge in [-0.2, -0.15) is 0 Å². The zero-order valence-electron chi connectivity index (χ0n) is 10.5. The van der Waals surface area contributed by atoms with Crippen molar-refractivity contribution in [2.45, 2.75) is 33.0 Å². The van der Waals surface area contributed by atoms with Gasteiger partial charge >= 0.3 is 0 Å². The first-order valence-electron chi connectivity index (χ1n) is 6.17. The molecule has 2 rings (SSSR count). The average Bonchev–Trinajstić information content (AvgIpc) is 2.68. The lowest BCUT2D eigenvalue weighted by molar-refractivity contribution is 0.175. The van der Waals surface area contributed by atoms with Gasteiger partial charge < -0.3 is 15.0 Å². The number of nitrogens with zero attached hydrogens (tertiary/aromatic N) is 1. The number of hydrogen-bond acceptors (Lipinski definition) is 2. The van der Waals surface area contributed by atoms with E-state index in [9.17, 15) is 5.11 Å². The van der Waals surface area contributed by atoms with Gasteiger partial charge in [-0.05, 0) is 42.6 Å². The van der Waals surface area contributed by atoms with E-state index in [1.54, 1.807) is 0 Å². The van der Waals surface area contributed by atoms with Gasteiger partial charge in [0.15, 0.2) is 0 Å². The Hall–Kier alpha value is -1.32. The molecule has 0 radical (unpaired) electrons. The summed E-state index contributed by atoms with van der Waals surface area (Å²) in [7, 11) is 0. The fraction of sp³-hybridized carbons (Fsp3) is 0.429. The molecule has 0 aliphatic rings. The number of benzene rings is 1. The molecule has 2 N–H and O–H groups in total. The third-order valence-electron chi connectivity index (χ3n) is 2.88. The Balaban J connectivity index is 2.25. The van der Waals surface area contributed by atoms with E-state index in [1.165, 1.54) is 16.5 Å². The number of rotatable bonds is 5. The molecule has 0 saturated carbocycles. The van der Waals surface area contributed by atoms with Crippen molar-refractivity contribution in [1.29, 1.82) is 0 Å². The number of aliphatic hydroxyl groups is 1. The highest BCUT2D eigenvalue weighted by molar-refractivity contribution is 5.80. The van der Waals surface area contributed by atoms with Crippen LogP contribution in [-0.2, 0) is 13.1 Å². The summed E-state index contributed by atoms with van der Waals surface area (Å²) in [4.78, 5) is 0. The second-order valence-electron chi connectivity index (χ2n) is 4.49. The van der Waals surface area contributed by atoms with Gasteiger partial charge in [-0.1, -0.05) is 13.0 Å². The van der Waals surface area contributed by atoms with Crippen LogP contribution in [0.15, 0.2) is 30.5 Å². The first-order chi connectivity index (χ1) is 8.20. The van der Waals surface area contributed by atoms with E-state index in [0.717, 1.165) is 13.1 Å². The van der Waals surface area contributed by atoms with Gasteiger partial charge in [-0.25, -0.2) is 0 Å². The maximum atomic E-state index is 9.42. The van der Waals surface area contributed by atoms with Crippen molar-refractivity contribution in [3.8, 4) is 0 Å². The highest BCUT2D eigenvalue weighted by Crippen LogP contribution is 2.18. The highest BCUT2D eigenvalue weighted by atomic mass is 16.3. The quantitative estimate of drug-likeness (QED) is 0.828. The number of nitrogens with one attached hydrogen (secondary N) is 1. The average molecular weight is 232 g/mol. The van der Waals surface area contributed by atoms with Crippen LogP contribution in [0.3, 0.4) is 0 Å². The molecule has 1 heterocycles. The first-order valence-corrected chi connectivity index (χ1v) is 6.17. The van der Waals surface area contributed by atoms with Crippen LogP contribution < -0.4 is 5.32 Å². The minimum Gasteiger partial charge on any atom is -0.392 e. The van der Waals surface area contributed by atoms with Gasteiger partial charge in [0.2, 0.25) is 0 Å². The molecule has 0 fully saturated rings. The van der Waals surface area contributed by atoms with E-state index >= 15 is 0 Å². The molecule has 92 valence electrons. The van der Waals surface area contributed by atoms with Gasteiger partial charge in [0.1, 0.15) is 0 Å². The van der Waals surface area contributed by atoms with E-state index in [2.05, 4.69) is 41.1 Å². The lowest BCUT2D eigenvalue weighted by atomic mass is 10.1. The third kappa shape index (κ3) is 2.87. The SMILES string of the molecule is CCNCc1ccc2c(ccn2CC(C)O)c1. The Bertz CT molecular complexity index is 488. The van der Waals surface area contributed by atoms with E-state index in [1.807, 2.05) is 13.1 Å². The molecule has 3 nitrogen and oxygen atoms in total. The van der Waals surface area contributed by atoms with Crippen LogP contribution in [0.4, 0.5) is 0 Å². The summed E-state index contributed by atoms with van der Waals surface area (Å²) in [5, 5.41) is 14.0. The zero-order chi connectivity index (χ0) is 12.3. The van der Waals surface area contributed by atoms with Crippen LogP contribution in [0.1, 0.15) is 19.4 Å². The van der Waals surface area contributed by atoms with Gasteiger partial charge in [0, 0.05) is 24.8 Å². The fourth-order valence-corrected chi connectivity index (χ4v) is 2.07. The second-order valence-corrected chi connectivity index (χ2v) is 4.49. The first kappa shape index (κ1) is 12.1. The summed E-state index contributed by atoms with van der Waals surface area (Å²) in [6.45, 7) is 6.47. The normalized spacial score (nSPS) is 13.1. The molecule has 1 unspecified atom stereocenters. The summed E-state index contributed by atoms with van der Waals surface area (Å²) in [6, 6.07) is 8.58. The molecule has 2 aromatic rings. The molecule has 0 amide bonds. The summed E-state index contributed by atoms with van der Waals surface area (Å²) >= 11 is 0. The molecule has 0 aliphatic carbocycles. The van der Waals surface area contributed by atoms with Crippen molar-refractivity contribution in [3.05, 3.63) is 36.0 Å². The topological polar surface area (TPSA) is 37.2 Å². The molecule has 0 bridgehead atoms. The molecule has 0 spiro atoms. The number of fused-ring (bicyclic) bond motifs is 1. The standard InChI is InChI=1S/C14H20N2O/c1-3-15-9-12-4-5-14-13(8-12)6-7-16(14)10-11(2)17/h4-8,11,15,17H,3,9-10H2,1-2H3. The molecular formula is C14H20N2O. The minimum atomic E-state index is -0.313. The van der Waals surface area contributed by atoms with Gasteiger partial charge in [-0.3, -0.25) is 0 Å². The van der Waals surface area contributed by atoms with Crippen LogP contribution in [0, 0.1) is 0 Å². The predicted molar refractivity (Wildman–Crippen MR) is 71.0 cm³/mol. The smallest absolute Gasteiger partial charge is 0.0691 e. The molecule has 1 aromatic heterocycles. The largest absolute Gasteiger partial charge is 0.392 e. The van der Waals surface area contributed by atoms with Gasteiger partial charge in [0.25, 0.3) is 0 Å². The monoisotopic (exact) mass is 232 g/mol. The summed E-state index contributed by atoms with van der Waals surface area (Å²) in [5.41, 5.74) is 2.49. The van der Waals surface area contributed by atoms with E-state index in [0.29, 0.717) is 6.54 Å². The third-order valence-corrected chi connectivity index (χ3v) is 2.88. The van der Waals surface area contributed by atoms with Crippen LogP contribution in [0.5, 0.6) is 0 Å². The van der Waals surface area contributed by atoms with Crippen LogP contribution in [0.2, 0.25) is 0 Å². The molecule has 17 heavy (non-hydrogen) atoms. The lowest BCUT2D eigenvalue weighted by Gasteiger charge is -2.08. The second kappa shape index (κ2) is 5.34. The summed E-state index contributed by atoms with van der Waals surface area (Å²) < 4.78 is 2.09. The van der Waals surface area contributed by atoms with Crippen molar-refractivity contribution in [3.63, 3.8) is 0 Å².